The summed E-state index contributed by atoms with van der Waals surface area (Å²) in [6.07, 6.45) is 6.59. The van der Waals surface area contributed by atoms with E-state index >= 15 is 0 Å². The van der Waals surface area contributed by atoms with E-state index in [4.69, 9.17) is 0 Å². The van der Waals surface area contributed by atoms with Crippen LogP contribution >= 0.6 is 0 Å². The molecule has 3 nitrogen and oxygen atoms in total. The molecule has 1 aliphatic carbocycles. The molecule has 0 bridgehead atoms. The topological polar surface area (TPSA) is 46.2 Å². The fourth-order valence-corrected chi connectivity index (χ4v) is 2.22. The van der Waals surface area contributed by atoms with Gasteiger partial charge in [0.2, 0.25) is 5.91 Å². The van der Waals surface area contributed by atoms with Crippen LogP contribution in [0.4, 0.5) is 0 Å². The molecule has 2 unspecified atom stereocenters. The smallest absolute Gasteiger partial charge is 0.220 e. The molecule has 92 valence electrons. The van der Waals surface area contributed by atoms with Crippen molar-refractivity contribution >= 4 is 11.7 Å². The molecule has 0 spiro atoms. The number of nitrogens with one attached hydrogen (secondary N) is 1. The molecule has 1 saturated carbocycles. The monoisotopic (exact) mass is 225 g/mol. The third-order valence-electron chi connectivity index (χ3n) is 3.33. The number of carbonyl (C=O) groups excluding carboxylic acids is 2. The first-order valence-corrected chi connectivity index (χ1v) is 6.36. The molecule has 0 aromatic carbocycles. The predicted molar refractivity (Wildman–Crippen MR) is 64.1 cm³/mol. The van der Waals surface area contributed by atoms with E-state index in [1.165, 1.54) is 26.2 Å². The highest BCUT2D eigenvalue weighted by molar-refractivity contribution is 5.83. The predicted octanol–water partition coefficient (Wildman–Crippen LogP) is 2.44. The van der Waals surface area contributed by atoms with E-state index in [-0.39, 0.29) is 11.7 Å². The molecule has 0 aromatic heterocycles. The van der Waals surface area contributed by atoms with Gasteiger partial charge in [-0.25, -0.2) is 0 Å². The lowest BCUT2D eigenvalue weighted by atomic mass is 10.0. The Hall–Kier alpha value is -0.860. The van der Waals surface area contributed by atoms with Crippen LogP contribution in [0.1, 0.15) is 58.8 Å². The van der Waals surface area contributed by atoms with Gasteiger partial charge in [-0.05, 0) is 32.1 Å². The summed E-state index contributed by atoms with van der Waals surface area (Å²) in [4.78, 5) is 22.3. The Morgan fingerprint density at radius 2 is 1.88 bits per heavy atom. The quantitative estimate of drug-likeness (QED) is 0.747. The minimum Gasteiger partial charge on any atom is -0.353 e. The largest absolute Gasteiger partial charge is 0.353 e. The van der Waals surface area contributed by atoms with Crippen molar-refractivity contribution in [2.24, 2.45) is 5.92 Å². The third-order valence-corrected chi connectivity index (χ3v) is 3.33. The zero-order chi connectivity index (χ0) is 12.0. The van der Waals surface area contributed by atoms with Crippen molar-refractivity contribution in [3.63, 3.8) is 0 Å². The van der Waals surface area contributed by atoms with E-state index in [0.717, 1.165) is 18.8 Å². The molecule has 1 aliphatic rings. The average Bonchev–Trinajstić information content (AvgIpc) is 2.41. The number of amides is 1. The Morgan fingerprint density at radius 3 is 2.56 bits per heavy atom. The zero-order valence-electron chi connectivity index (χ0n) is 10.4. The second-order valence-electron chi connectivity index (χ2n) is 5.08. The van der Waals surface area contributed by atoms with Crippen molar-refractivity contribution < 1.29 is 9.59 Å². The summed E-state index contributed by atoms with van der Waals surface area (Å²) in [5.74, 6) is 0.915. The molecule has 1 amide bonds. The number of ketones is 1. The maximum Gasteiger partial charge on any atom is 0.220 e. The first-order chi connectivity index (χ1) is 7.58. The minimum atomic E-state index is 0.0368. The normalized spacial score (nSPS) is 25.9. The average molecular weight is 225 g/mol. The Labute approximate surface area is 98.0 Å². The molecule has 0 heterocycles. The van der Waals surface area contributed by atoms with Crippen molar-refractivity contribution in [3.05, 3.63) is 0 Å². The highest BCUT2D eigenvalue weighted by Crippen LogP contribution is 2.22. The molecule has 2 atom stereocenters. The molecule has 0 saturated heterocycles. The van der Waals surface area contributed by atoms with Gasteiger partial charge in [-0.1, -0.05) is 19.8 Å². The Morgan fingerprint density at radius 1 is 1.12 bits per heavy atom. The number of hydrogen-bond donors (Lipinski definition) is 1. The summed E-state index contributed by atoms with van der Waals surface area (Å²) < 4.78 is 0. The maximum absolute atomic E-state index is 11.5. The standard InChI is InChI=1S/C13H23NO2/c1-10-4-3-5-12(8-6-10)14-13(16)9-7-11(2)15/h10,12H,3-9H2,1-2H3,(H,14,16). The van der Waals surface area contributed by atoms with Crippen LogP contribution in [0.5, 0.6) is 0 Å². The molecule has 0 aromatic rings. The van der Waals surface area contributed by atoms with Crippen molar-refractivity contribution in [2.75, 3.05) is 0 Å². The summed E-state index contributed by atoms with van der Waals surface area (Å²) in [7, 11) is 0. The van der Waals surface area contributed by atoms with Crippen molar-refractivity contribution in [1.29, 1.82) is 0 Å². The second kappa shape index (κ2) is 6.66. The van der Waals surface area contributed by atoms with Crippen molar-refractivity contribution in [3.8, 4) is 0 Å². The Bertz CT molecular complexity index is 250. The molecular formula is C13H23NO2. The van der Waals surface area contributed by atoms with E-state index in [1.54, 1.807) is 0 Å². The highest BCUT2D eigenvalue weighted by Gasteiger charge is 2.17. The van der Waals surface area contributed by atoms with Crippen LogP contribution in [-0.2, 0) is 9.59 Å². The molecule has 1 N–H and O–H groups in total. The highest BCUT2D eigenvalue weighted by atomic mass is 16.2. The molecule has 0 aliphatic heterocycles. The number of rotatable bonds is 4. The first kappa shape index (κ1) is 13.2. The van der Waals surface area contributed by atoms with Crippen molar-refractivity contribution in [2.45, 2.75) is 64.8 Å². The second-order valence-corrected chi connectivity index (χ2v) is 5.08. The van der Waals surface area contributed by atoms with Gasteiger partial charge in [0, 0.05) is 18.9 Å². The lowest BCUT2D eigenvalue weighted by Crippen LogP contribution is -2.34. The molecule has 1 rings (SSSR count). The fraction of sp³-hybridized carbons (Fsp3) is 0.846. The fourth-order valence-electron chi connectivity index (χ4n) is 2.22. The molecule has 16 heavy (non-hydrogen) atoms. The molecule has 1 fully saturated rings. The van der Waals surface area contributed by atoms with Gasteiger partial charge in [0.1, 0.15) is 5.78 Å². The van der Waals surface area contributed by atoms with Crippen LogP contribution in [0.2, 0.25) is 0 Å². The van der Waals surface area contributed by atoms with E-state index in [0.29, 0.717) is 18.9 Å². The summed E-state index contributed by atoms with van der Waals surface area (Å²) in [5, 5.41) is 3.04. The maximum atomic E-state index is 11.5. The number of hydrogen-bond acceptors (Lipinski definition) is 2. The summed E-state index contributed by atoms with van der Waals surface area (Å²) >= 11 is 0. The van der Waals surface area contributed by atoms with Gasteiger partial charge in [0.15, 0.2) is 0 Å². The summed E-state index contributed by atoms with van der Waals surface area (Å²) in [6.45, 7) is 3.81. The Balaban J connectivity index is 2.24. The molecular weight excluding hydrogens is 202 g/mol. The lowest BCUT2D eigenvalue weighted by Gasteiger charge is -2.16. The van der Waals surface area contributed by atoms with Gasteiger partial charge in [-0.2, -0.15) is 0 Å². The van der Waals surface area contributed by atoms with E-state index < -0.39 is 0 Å². The summed E-state index contributed by atoms with van der Waals surface area (Å²) in [5.41, 5.74) is 0. The van der Waals surface area contributed by atoms with Crippen LogP contribution in [-0.4, -0.2) is 17.7 Å². The van der Waals surface area contributed by atoms with E-state index in [1.807, 2.05) is 0 Å². The van der Waals surface area contributed by atoms with Gasteiger partial charge < -0.3 is 10.1 Å². The molecule has 0 radical (unpaired) electrons. The van der Waals surface area contributed by atoms with Crippen LogP contribution in [0.15, 0.2) is 0 Å². The minimum absolute atomic E-state index is 0.0368. The van der Waals surface area contributed by atoms with Gasteiger partial charge in [0.05, 0.1) is 0 Å². The van der Waals surface area contributed by atoms with Gasteiger partial charge in [-0.15, -0.1) is 0 Å². The van der Waals surface area contributed by atoms with Crippen LogP contribution < -0.4 is 5.32 Å². The van der Waals surface area contributed by atoms with Crippen molar-refractivity contribution in [1.82, 2.24) is 5.32 Å². The number of carbonyl (C=O) groups is 2. The summed E-state index contributed by atoms with van der Waals surface area (Å²) in [6, 6.07) is 0.337. The third kappa shape index (κ3) is 5.29. The SMILES string of the molecule is CC(=O)CCC(=O)NC1CCCC(C)CC1. The zero-order valence-corrected chi connectivity index (χ0v) is 10.4. The molecule has 3 heteroatoms. The van der Waals surface area contributed by atoms with Crippen LogP contribution in [0.3, 0.4) is 0 Å². The van der Waals surface area contributed by atoms with E-state index in [9.17, 15) is 9.59 Å². The first-order valence-electron chi connectivity index (χ1n) is 6.36. The van der Waals surface area contributed by atoms with E-state index in [2.05, 4.69) is 12.2 Å². The van der Waals surface area contributed by atoms with Gasteiger partial charge in [0.25, 0.3) is 0 Å². The lowest BCUT2D eigenvalue weighted by molar-refractivity contribution is -0.125. The van der Waals surface area contributed by atoms with Gasteiger partial charge in [-0.3, -0.25) is 4.79 Å². The number of Topliss-reactive ketones (excluding diaryl/α,β-unsaturated/α-hetero) is 1. The Kier molecular flexibility index (Phi) is 5.50. The van der Waals surface area contributed by atoms with Crippen LogP contribution in [0.25, 0.3) is 0 Å². The van der Waals surface area contributed by atoms with Crippen LogP contribution in [0, 0.1) is 5.92 Å². The van der Waals surface area contributed by atoms with Gasteiger partial charge >= 0.3 is 0 Å².